The van der Waals surface area contributed by atoms with Crippen LogP contribution in [0.2, 0.25) is 0 Å². The minimum Gasteiger partial charge on any atom is -0.383 e. The standard InChI is InChI=1S/C15H18BrN3S/c1-2-18-14(13-4-3-9-19-15(13)17)10-20-12-7-5-11(16)6-8-12/h3-9,14,18H,2,10H2,1H3,(H2,17,19). The number of thioether (sulfide) groups is 1. The van der Waals surface area contributed by atoms with Crippen LogP contribution in [-0.2, 0) is 0 Å². The Bertz CT molecular complexity index is 545. The number of rotatable bonds is 6. The molecule has 2 rings (SSSR count). The van der Waals surface area contributed by atoms with E-state index in [0.717, 1.165) is 22.3 Å². The molecule has 0 saturated carbocycles. The number of hydrogen-bond donors (Lipinski definition) is 2. The fourth-order valence-corrected chi connectivity index (χ4v) is 3.19. The van der Waals surface area contributed by atoms with E-state index in [2.05, 4.69) is 57.4 Å². The topological polar surface area (TPSA) is 50.9 Å². The van der Waals surface area contributed by atoms with E-state index in [0.29, 0.717) is 5.82 Å². The van der Waals surface area contributed by atoms with E-state index in [9.17, 15) is 0 Å². The lowest BCUT2D eigenvalue weighted by atomic mass is 10.1. The molecule has 0 aliphatic rings. The lowest BCUT2D eigenvalue weighted by Crippen LogP contribution is -2.24. The molecule has 0 bridgehead atoms. The van der Waals surface area contributed by atoms with Crippen LogP contribution in [0.1, 0.15) is 18.5 Å². The Morgan fingerprint density at radius 1 is 1.30 bits per heavy atom. The van der Waals surface area contributed by atoms with Crippen molar-refractivity contribution in [3.8, 4) is 0 Å². The number of nitrogen functional groups attached to an aromatic ring is 1. The van der Waals surface area contributed by atoms with Crippen molar-refractivity contribution in [1.29, 1.82) is 0 Å². The van der Waals surface area contributed by atoms with Crippen molar-refractivity contribution in [2.75, 3.05) is 18.0 Å². The summed E-state index contributed by atoms with van der Waals surface area (Å²) < 4.78 is 1.10. The van der Waals surface area contributed by atoms with Gasteiger partial charge in [0.15, 0.2) is 0 Å². The van der Waals surface area contributed by atoms with Gasteiger partial charge in [0.25, 0.3) is 0 Å². The number of aromatic nitrogens is 1. The SMILES string of the molecule is CCNC(CSc1ccc(Br)cc1)c1cccnc1N. The van der Waals surface area contributed by atoms with Crippen molar-refractivity contribution in [2.45, 2.75) is 17.9 Å². The van der Waals surface area contributed by atoms with Gasteiger partial charge in [-0.1, -0.05) is 28.9 Å². The molecule has 1 heterocycles. The summed E-state index contributed by atoms with van der Waals surface area (Å²) in [5.41, 5.74) is 7.04. The Morgan fingerprint density at radius 2 is 2.05 bits per heavy atom. The first-order chi connectivity index (χ1) is 9.70. The van der Waals surface area contributed by atoms with Gasteiger partial charge in [0, 0.05) is 32.9 Å². The van der Waals surface area contributed by atoms with Gasteiger partial charge in [-0.15, -0.1) is 11.8 Å². The van der Waals surface area contributed by atoms with Gasteiger partial charge in [0.05, 0.1) is 0 Å². The Balaban J connectivity index is 2.06. The minimum atomic E-state index is 0.211. The Labute approximate surface area is 132 Å². The molecule has 0 fully saturated rings. The zero-order chi connectivity index (χ0) is 14.4. The molecule has 1 unspecified atom stereocenters. The highest BCUT2D eigenvalue weighted by Crippen LogP contribution is 2.27. The second-order valence-electron chi connectivity index (χ2n) is 4.35. The lowest BCUT2D eigenvalue weighted by Gasteiger charge is -2.19. The van der Waals surface area contributed by atoms with E-state index in [1.54, 1.807) is 6.20 Å². The molecule has 0 spiro atoms. The van der Waals surface area contributed by atoms with Crippen LogP contribution in [0, 0.1) is 0 Å². The molecule has 106 valence electrons. The van der Waals surface area contributed by atoms with Crippen LogP contribution in [0.15, 0.2) is 52.0 Å². The minimum absolute atomic E-state index is 0.211. The number of anilines is 1. The largest absolute Gasteiger partial charge is 0.383 e. The molecule has 20 heavy (non-hydrogen) atoms. The van der Waals surface area contributed by atoms with Crippen LogP contribution in [0.25, 0.3) is 0 Å². The fraction of sp³-hybridized carbons (Fsp3) is 0.267. The van der Waals surface area contributed by atoms with Gasteiger partial charge in [-0.3, -0.25) is 0 Å². The molecule has 1 aromatic heterocycles. The van der Waals surface area contributed by atoms with Crippen LogP contribution < -0.4 is 11.1 Å². The van der Waals surface area contributed by atoms with Gasteiger partial charge in [-0.2, -0.15) is 0 Å². The Hall–Kier alpha value is -1.04. The molecule has 0 aliphatic heterocycles. The van der Waals surface area contributed by atoms with Gasteiger partial charge in [-0.05, 0) is 36.9 Å². The third-order valence-corrected chi connectivity index (χ3v) is 4.56. The normalized spacial score (nSPS) is 12.3. The average Bonchev–Trinajstić information content (AvgIpc) is 2.46. The number of nitrogens with zero attached hydrogens (tertiary/aromatic N) is 1. The van der Waals surface area contributed by atoms with Gasteiger partial charge >= 0.3 is 0 Å². The summed E-state index contributed by atoms with van der Waals surface area (Å²) in [5, 5.41) is 3.47. The second kappa shape index (κ2) is 7.67. The Morgan fingerprint density at radius 3 is 2.70 bits per heavy atom. The molecule has 2 aromatic rings. The predicted octanol–water partition coefficient (Wildman–Crippen LogP) is 3.87. The molecular formula is C15H18BrN3S. The zero-order valence-electron chi connectivity index (χ0n) is 11.3. The number of nitrogens with one attached hydrogen (secondary N) is 1. The van der Waals surface area contributed by atoms with Crippen molar-refractivity contribution in [3.05, 3.63) is 52.6 Å². The van der Waals surface area contributed by atoms with Crippen molar-refractivity contribution >= 4 is 33.5 Å². The Kier molecular flexibility index (Phi) is 5.88. The number of nitrogens with two attached hydrogens (primary N) is 1. The van der Waals surface area contributed by atoms with Crippen molar-refractivity contribution in [3.63, 3.8) is 0 Å². The van der Waals surface area contributed by atoms with Crippen molar-refractivity contribution in [1.82, 2.24) is 10.3 Å². The van der Waals surface area contributed by atoms with Gasteiger partial charge < -0.3 is 11.1 Å². The summed E-state index contributed by atoms with van der Waals surface area (Å²) >= 11 is 5.26. The summed E-state index contributed by atoms with van der Waals surface area (Å²) in [5.74, 6) is 1.53. The van der Waals surface area contributed by atoms with Crippen LogP contribution >= 0.6 is 27.7 Å². The zero-order valence-corrected chi connectivity index (χ0v) is 13.7. The smallest absolute Gasteiger partial charge is 0.128 e. The summed E-state index contributed by atoms with van der Waals surface area (Å²) in [7, 11) is 0. The third-order valence-electron chi connectivity index (χ3n) is 2.93. The number of benzene rings is 1. The average molecular weight is 352 g/mol. The molecule has 1 atom stereocenters. The number of pyridine rings is 1. The van der Waals surface area contributed by atoms with Gasteiger partial charge in [0.1, 0.15) is 5.82 Å². The quantitative estimate of drug-likeness (QED) is 0.775. The molecule has 1 aromatic carbocycles. The van der Waals surface area contributed by atoms with Crippen LogP contribution in [-0.4, -0.2) is 17.3 Å². The maximum Gasteiger partial charge on any atom is 0.128 e. The van der Waals surface area contributed by atoms with Crippen LogP contribution in [0.4, 0.5) is 5.82 Å². The molecule has 0 amide bonds. The lowest BCUT2D eigenvalue weighted by molar-refractivity contribution is 0.606. The summed E-state index contributed by atoms with van der Waals surface area (Å²) in [6.45, 7) is 3.00. The van der Waals surface area contributed by atoms with Crippen LogP contribution in [0.3, 0.4) is 0 Å². The van der Waals surface area contributed by atoms with E-state index in [4.69, 9.17) is 5.73 Å². The molecule has 5 heteroatoms. The molecule has 0 saturated heterocycles. The number of hydrogen-bond acceptors (Lipinski definition) is 4. The highest BCUT2D eigenvalue weighted by molar-refractivity contribution is 9.10. The predicted molar refractivity (Wildman–Crippen MR) is 89.9 cm³/mol. The van der Waals surface area contributed by atoms with E-state index in [1.807, 2.05) is 23.9 Å². The molecule has 0 aliphatic carbocycles. The maximum atomic E-state index is 5.97. The first kappa shape index (κ1) is 15.4. The van der Waals surface area contributed by atoms with Crippen molar-refractivity contribution < 1.29 is 0 Å². The molecule has 0 radical (unpaired) electrons. The molecule has 3 N–H and O–H groups in total. The van der Waals surface area contributed by atoms with E-state index < -0.39 is 0 Å². The summed E-state index contributed by atoms with van der Waals surface area (Å²) in [6.07, 6.45) is 1.73. The fourth-order valence-electron chi connectivity index (χ4n) is 1.94. The van der Waals surface area contributed by atoms with Crippen LogP contribution in [0.5, 0.6) is 0 Å². The first-order valence-corrected chi connectivity index (χ1v) is 8.30. The van der Waals surface area contributed by atoms with E-state index >= 15 is 0 Å². The summed E-state index contributed by atoms with van der Waals surface area (Å²) in [4.78, 5) is 5.42. The second-order valence-corrected chi connectivity index (χ2v) is 6.36. The molecule has 3 nitrogen and oxygen atoms in total. The first-order valence-electron chi connectivity index (χ1n) is 6.53. The summed E-state index contributed by atoms with van der Waals surface area (Å²) in [6, 6.07) is 12.5. The molecular weight excluding hydrogens is 334 g/mol. The number of halogens is 1. The van der Waals surface area contributed by atoms with Gasteiger partial charge in [0.2, 0.25) is 0 Å². The van der Waals surface area contributed by atoms with Crippen molar-refractivity contribution in [2.24, 2.45) is 0 Å². The van der Waals surface area contributed by atoms with Gasteiger partial charge in [-0.25, -0.2) is 4.98 Å². The third kappa shape index (κ3) is 4.23. The van der Waals surface area contributed by atoms with E-state index in [1.165, 1.54) is 4.90 Å². The van der Waals surface area contributed by atoms with E-state index in [-0.39, 0.29) is 6.04 Å². The maximum absolute atomic E-state index is 5.97. The highest BCUT2D eigenvalue weighted by Gasteiger charge is 2.14. The monoisotopic (exact) mass is 351 g/mol. The highest BCUT2D eigenvalue weighted by atomic mass is 79.9.